The topological polar surface area (TPSA) is 155 Å². The minimum absolute atomic E-state index is 0.447. The van der Waals surface area contributed by atoms with Gasteiger partial charge in [-0.1, -0.05) is 30.3 Å². The average Bonchev–Trinajstić information content (AvgIpc) is 2.14. The Labute approximate surface area is 105 Å². The van der Waals surface area contributed by atoms with Crippen molar-refractivity contribution in [3.8, 4) is 0 Å². The molecule has 0 amide bonds. The van der Waals surface area contributed by atoms with Crippen LogP contribution < -0.4 is 5.14 Å². The summed E-state index contributed by atoms with van der Waals surface area (Å²) < 4.78 is 52.8. The monoisotopic (exact) mass is 299 g/mol. The Kier molecular flexibility index (Phi) is 6.38. The van der Waals surface area contributed by atoms with Crippen molar-refractivity contribution < 1.29 is 31.0 Å². The molecule has 8 nitrogen and oxygen atoms in total. The number of aliphatic hydroxyl groups excluding tert-OH is 1. The number of hydrogen-bond donors (Lipinski definition) is 4. The van der Waals surface area contributed by atoms with Gasteiger partial charge >= 0.3 is 10.4 Å². The van der Waals surface area contributed by atoms with Crippen molar-refractivity contribution in [2.75, 3.05) is 5.75 Å². The van der Waals surface area contributed by atoms with Crippen molar-refractivity contribution >= 4 is 20.4 Å². The van der Waals surface area contributed by atoms with Crippen molar-refractivity contribution in [2.24, 2.45) is 5.14 Å². The highest BCUT2D eigenvalue weighted by molar-refractivity contribution is 7.89. The van der Waals surface area contributed by atoms with E-state index in [1.165, 1.54) is 0 Å². The summed E-state index contributed by atoms with van der Waals surface area (Å²) >= 11 is 0. The van der Waals surface area contributed by atoms with Gasteiger partial charge in [-0.2, -0.15) is 8.42 Å². The minimum atomic E-state index is -4.67. The van der Waals surface area contributed by atoms with E-state index in [4.69, 9.17) is 22.7 Å². The van der Waals surface area contributed by atoms with E-state index in [2.05, 4.69) is 0 Å². The predicted octanol–water partition coefficient (Wildman–Crippen LogP) is -0.644. The van der Waals surface area contributed by atoms with E-state index in [0.29, 0.717) is 5.56 Å². The Bertz CT molecular complexity index is 544. The van der Waals surface area contributed by atoms with Gasteiger partial charge in [-0.15, -0.1) is 0 Å². The molecule has 10 heteroatoms. The largest absolute Gasteiger partial charge is 0.394 e. The summed E-state index contributed by atoms with van der Waals surface area (Å²) in [4.78, 5) is 0. The molecule has 0 fully saturated rings. The van der Waals surface area contributed by atoms with E-state index < -0.39 is 32.3 Å². The lowest BCUT2D eigenvalue weighted by atomic mass is 10.1. The van der Waals surface area contributed by atoms with Crippen molar-refractivity contribution in [1.29, 1.82) is 0 Å². The van der Waals surface area contributed by atoms with E-state index in [-0.39, 0.29) is 0 Å². The molecule has 0 saturated carbocycles. The number of nitrogens with two attached hydrogens (primary N) is 1. The second-order valence-electron chi connectivity index (χ2n) is 3.20. The van der Waals surface area contributed by atoms with Crippen LogP contribution in [0.15, 0.2) is 30.3 Å². The fourth-order valence-corrected chi connectivity index (χ4v) is 1.62. The van der Waals surface area contributed by atoms with E-state index >= 15 is 0 Å². The summed E-state index contributed by atoms with van der Waals surface area (Å²) in [5.74, 6) is -0.447. The van der Waals surface area contributed by atoms with E-state index in [0.717, 1.165) is 0 Å². The molecule has 1 atom stereocenters. The molecule has 104 valence electrons. The lowest BCUT2D eigenvalue weighted by Crippen LogP contribution is -2.21. The SMILES string of the molecule is NS(=O)(=O)CC(O)c1ccccc1.O=S(=O)(O)O. The molecule has 0 heterocycles. The standard InChI is InChI=1S/C8H11NO3S.H2O4S/c9-13(11,12)6-8(10)7-4-2-1-3-5-7;1-5(2,3)4/h1-5,8,10H,6H2,(H2,9,11,12);(H2,1,2,3,4). The molecule has 0 aliphatic carbocycles. The summed E-state index contributed by atoms with van der Waals surface area (Å²) in [7, 11) is -8.29. The van der Waals surface area contributed by atoms with Crippen LogP contribution in [0.25, 0.3) is 0 Å². The quantitative estimate of drug-likeness (QED) is 0.541. The Hall–Kier alpha value is -1.04. The first-order valence-electron chi connectivity index (χ1n) is 4.42. The van der Waals surface area contributed by atoms with Crippen LogP contribution in [0.1, 0.15) is 11.7 Å². The maximum absolute atomic E-state index is 10.6. The maximum atomic E-state index is 10.6. The van der Waals surface area contributed by atoms with Gasteiger partial charge in [0, 0.05) is 0 Å². The lowest BCUT2D eigenvalue weighted by Gasteiger charge is -2.08. The van der Waals surface area contributed by atoms with Gasteiger partial charge in [0.2, 0.25) is 10.0 Å². The third kappa shape index (κ3) is 11.4. The van der Waals surface area contributed by atoms with Crippen LogP contribution in [0, 0.1) is 0 Å². The molecular formula is C8H13NO7S2. The third-order valence-corrected chi connectivity index (χ3v) is 2.35. The van der Waals surface area contributed by atoms with Crippen LogP contribution in [-0.2, 0) is 20.4 Å². The molecule has 0 radical (unpaired) electrons. The highest BCUT2D eigenvalue weighted by Gasteiger charge is 2.13. The summed E-state index contributed by atoms with van der Waals surface area (Å²) in [6, 6.07) is 8.53. The molecule has 0 aliphatic rings. The molecule has 1 unspecified atom stereocenters. The van der Waals surface area contributed by atoms with Crippen LogP contribution in [-0.4, -0.2) is 36.8 Å². The van der Waals surface area contributed by atoms with Crippen LogP contribution in [0.5, 0.6) is 0 Å². The second kappa shape index (κ2) is 6.78. The summed E-state index contributed by atoms with van der Waals surface area (Å²) in [6.07, 6.45) is -1.05. The second-order valence-corrected chi connectivity index (χ2v) is 5.76. The Morgan fingerprint density at radius 2 is 1.44 bits per heavy atom. The number of benzene rings is 1. The molecule has 0 aliphatic heterocycles. The Morgan fingerprint density at radius 3 is 1.78 bits per heavy atom. The Balaban J connectivity index is 0.000000494. The predicted molar refractivity (Wildman–Crippen MR) is 63.6 cm³/mol. The van der Waals surface area contributed by atoms with Gasteiger partial charge in [0.05, 0.1) is 11.9 Å². The van der Waals surface area contributed by atoms with Gasteiger partial charge < -0.3 is 5.11 Å². The van der Waals surface area contributed by atoms with Gasteiger partial charge in [-0.3, -0.25) is 9.11 Å². The molecular weight excluding hydrogens is 286 g/mol. The third-order valence-electron chi connectivity index (χ3n) is 1.57. The van der Waals surface area contributed by atoms with Crippen LogP contribution >= 0.6 is 0 Å². The number of aliphatic hydroxyl groups is 1. The number of sulfonamides is 1. The van der Waals surface area contributed by atoms with Crippen molar-refractivity contribution in [3.63, 3.8) is 0 Å². The first-order valence-corrected chi connectivity index (χ1v) is 7.53. The molecule has 0 saturated heterocycles. The summed E-state index contributed by atoms with van der Waals surface area (Å²) in [6.45, 7) is 0. The van der Waals surface area contributed by atoms with E-state index in [1.807, 2.05) is 0 Å². The normalized spacial score (nSPS) is 13.3. The Morgan fingerprint density at radius 1 is 1.06 bits per heavy atom. The number of primary sulfonamides is 1. The molecule has 0 aromatic heterocycles. The zero-order chi connectivity index (χ0) is 14.4. The van der Waals surface area contributed by atoms with Crippen LogP contribution in [0.3, 0.4) is 0 Å². The van der Waals surface area contributed by atoms with Gasteiger partial charge in [-0.05, 0) is 5.56 Å². The smallest absolute Gasteiger partial charge is 0.387 e. The summed E-state index contributed by atoms with van der Waals surface area (Å²) in [5.41, 5.74) is 0.552. The first-order chi connectivity index (χ1) is 7.99. The molecule has 0 bridgehead atoms. The van der Waals surface area contributed by atoms with E-state index in [1.54, 1.807) is 30.3 Å². The van der Waals surface area contributed by atoms with Gasteiger partial charge in [0.25, 0.3) is 0 Å². The highest BCUT2D eigenvalue weighted by Crippen LogP contribution is 2.12. The molecule has 1 rings (SSSR count). The van der Waals surface area contributed by atoms with Crippen molar-refractivity contribution in [3.05, 3.63) is 35.9 Å². The fourth-order valence-electron chi connectivity index (χ4n) is 0.991. The first kappa shape index (κ1) is 17.0. The fraction of sp³-hybridized carbons (Fsp3) is 0.250. The lowest BCUT2D eigenvalue weighted by molar-refractivity contribution is 0.201. The molecule has 1 aromatic rings. The zero-order valence-corrected chi connectivity index (χ0v) is 10.7. The average molecular weight is 299 g/mol. The minimum Gasteiger partial charge on any atom is -0.387 e. The van der Waals surface area contributed by atoms with Crippen LogP contribution in [0.2, 0.25) is 0 Å². The van der Waals surface area contributed by atoms with Crippen molar-refractivity contribution in [1.82, 2.24) is 0 Å². The van der Waals surface area contributed by atoms with Gasteiger partial charge in [0.15, 0.2) is 0 Å². The molecule has 5 N–H and O–H groups in total. The van der Waals surface area contributed by atoms with Crippen molar-refractivity contribution in [2.45, 2.75) is 6.10 Å². The van der Waals surface area contributed by atoms with Crippen LogP contribution in [0.4, 0.5) is 0 Å². The molecule has 0 spiro atoms. The van der Waals surface area contributed by atoms with Gasteiger partial charge in [0.1, 0.15) is 0 Å². The molecule has 1 aromatic carbocycles. The summed E-state index contributed by atoms with van der Waals surface area (Å²) in [5, 5.41) is 14.2. The number of rotatable bonds is 3. The molecule has 18 heavy (non-hydrogen) atoms. The highest BCUT2D eigenvalue weighted by atomic mass is 32.3. The zero-order valence-electron chi connectivity index (χ0n) is 9.04. The van der Waals surface area contributed by atoms with E-state index in [9.17, 15) is 13.5 Å². The number of hydrogen-bond acceptors (Lipinski definition) is 5. The van der Waals surface area contributed by atoms with Gasteiger partial charge in [-0.25, -0.2) is 13.6 Å². The maximum Gasteiger partial charge on any atom is 0.394 e.